The van der Waals surface area contributed by atoms with Gasteiger partial charge in [-0.05, 0) is 102 Å². The molecule has 0 unspecified atom stereocenters. The third-order valence-electron chi connectivity index (χ3n) is 13.8. The standard InChI is InChI=1S/C43H67NO11/c1-10-27-13-12-14-36(55-38-16-15-35(25(5)51-38)44(7)22-45)24(4)39(47)34-20-32-30(33(34)21-37(46)53-27)17-23(3)29-18-28(19-31(29)32)54-43-42(49-9)41(50-11-2)40(48-8)26(6)52-43/h17,20,22,24-33,35-36,38,40-43H,10-16,18-19,21H2,1-9H3/t24-,25-,26+,27+,28-,29+,30-,31-,32-,33+,35+,36+,38+,40+,41-,42-,43+/m1/s1. The van der Waals surface area contributed by atoms with Gasteiger partial charge in [0.15, 0.2) is 18.4 Å². The predicted molar refractivity (Wildman–Crippen MR) is 204 cm³/mol. The van der Waals surface area contributed by atoms with Crippen molar-refractivity contribution in [2.45, 2.75) is 167 Å². The summed E-state index contributed by atoms with van der Waals surface area (Å²) in [5, 5.41) is 0. The first-order valence-electron chi connectivity index (χ1n) is 21.0. The number of carbonyl (C=O) groups excluding carboxylic acids is 3. The zero-order valence-corrected chi connectivity index (χ0v) is 34.6. The van der Waals surface area contributed by atoms with Gasteiger partial charge in [-0.3, -0.25) is 14.4 Å². The molecule has 0 aromatic rings. The predicted octanol–water partition coefficient (Wildman–Crippen LogP) is 5.79. The maximum atomic E-state index is 14.8. The number of allylic oxidation sites excluding steroid dienone is 4. The Bertz CT molecular complexity index is 1400. The van der Waals surface area contributed by atoms with Crippen molar-refractivity contribution < 1.29 is 52.3 Å². The lowest BCUT2D eigenvalue weighted by Gasteiger charge is -2.44. The van der Waals surface area contributed by atoms with E-state index in [1.54, 1.807) is 26.2 Å². The highest BCUT2D eigenvalue weighted by Gasteiger charge is 2.54. The summed E-state index contributed by atoms with van der Waals surface area (Å²) < 4.78 is 50.1. The minimum Gasteiger partial charge on any atom is -0.462 e. The smallest absolute Gasteiger partial charge is 0.306 e. The lowest BCUT2D eigenvalue weighted by Crippen LogP contribution is -2.60. The number of hydrogen-bond acceptors (Lipinski definition) is 11. The van der Waals surface area contributed by atoms with Gasteiger partial charge in [0, 0.05) is 46.1 Å². The van der Waals surface area contributed by atoms with Gasteiger partial charge in [-0.1, -0.05) is 31.6 Å². The van der Waals surface area contributed by atoms with Crippen molar-refractivity contribution in [2.24, 2.45) is 35.5 Å². The Morgan fingerprint density at radius 1 is 0.873 bits per heavy atom. The van der Waals surface area contributed by atoms with Crippen molar-refractivity contribution >= 4 is 18.2 Å². The van der Waals surface area contributed by atoms with Crippen molar-refractivity contribution in [3.05, 3.63) is 23.3 Å². The molecule has 310 valence electrons. The number of amides is 1. The number of carbonyl (C=O) groups is 3. The largest absolute Gasteiger partial charge is 0.462 e. The molecule has 6 aliphatic rings. The molecule has 0 spiro atoms. The van der Waals surface area contributed by atoms with Crippen molar-refractivity contribution in [2.75, 3.05) is 27.9 Å². The van der Waals surface area contributed by atoms with Crippen LogP contribution in [0.1, 0.15) is 99.3 Å². The Morgan fingerprint density at radius 3 is 2.31 bits per heavy atom. The van der Waals surface area contributed by atoms with E-state index in [0.717, 1.165) is 44.1 Å². The van der Waals surface area contributed by atoms with Gasteiger partial charge in [0.2, 0.25) is 6.41 Å². The van der Waals surface area contributed by atoms with E-state index in [0.29, 0.717) is 25.9 Å². The first kappa shape index (κ1) is 42.4. The van der Waals surface area contributed by atoms with Crippen LogP contribution in [0.4, 0.5) is 0 Å². The number of esters is 1. The molecule has 0 aromatic carbocycles. The topological polar surface area (TPSA) is 128 Å². The highest BCUT2D eigenvalue weighted by atomic mass is 16.7. The van der Waals surface area contributed by atoms with Crippen LogP contribution in [0, 0.1) is 35.5 Å². The van der Waals surface area contributed by atoms with Gasteiger partial charge in [-0.15, -0.1) is 0 Å². The number of cyclic esters (lactones) is 1. The zero-order valence-electron chi connectivity index (χ0n) is 34.6. The number of hydrogen-bond donors (Lipinski definition) is 0. The lowest BCUT2D eigenvalue weighted by molar-refractivity contribution is -0.317. The van der Waals surface area contributed by atoms with Crippen LogP contribution < -0.4 is 0 Å². The van der Waals surface area contributed by atoms with Crippen LogP contribution in [0.2, 0.25) is 0 Å². The average Bonchev–Trinajstić information content (AvgIpc) is 3.74. The Hall–Kier alpha value is -2.19. The van der Waals surface area contributed by atoms with Crippen molar-refractivity contribution in [3.63, 3.8) is 0 Å². The van der Waals surface area contributed by atoms with Crippen LogP contribution in [0.25, 0.3) is 0 Å². The van der Waals surface area contributed by atoms with Crippen molar-refractivity contribution in [3.8, 4) is 0 Å². The van der Waals surface area contributed by atoms with Gasteiger partial charge in [-0.25, -0.2) is 0 Å². The van der Waals surface area contributed by atoms with Crippen LogP contribution in [0.5, 0.6) is 0 Å². The summed E-state index contributed by atoms with van der Waals surface area (Å²) in [5.41, 5.74) is 2.02. The minimum absolute atomic E-state index is 0.0119. The normalized spacial score (nSPS) is 43.8. The molecule has 0 N–H and O–H groups in total. The van der Waals surface area contributed by atoms with Crippen LogP contribution >= 0.6 is 0 Å². The van der Waals surface area contributed by atoms with Gasteiger partial charge in [-0.2, -0.15) is 0 Å². The molecule has 3 aliphatic heterocycles. The molecule has 4 fully saturated rings. The van der Waals surface area contributed by atoms with Crippen molar-refractivity contribution in [1.82, 2.24) is 4.90 Å². The number of rotatable bonds is 11. The van der Waals surface area contributed by atoms with Crippen molar-refractivity contribution in [1.29, 1.82) is 0 Å². The summed E-state index contributed by atoms with van der Waals surface area (Å²) in [5.74, 6) is -0.254. The fraction of sp³-hybridized carbons (Fsp3) is 0.837. The van der Waals surface area contributed by atoms with E-state index < -0.39 is 24.6 Å². The van der Waals surface area contributed by atoms with Crippen LogP contribution in [0.15, 0.2) is 23.3 Å². The third kappa shape index (κ3) is 8.95. The van der Waals surface area contributed by atoms with Crippen LogP contribution in [-0.4, -0.2) is 118 Å². The molecular weight excluding hydrogens is 706 g/mol. The molecular formula is C43H67NO11. The number of Topliss-reactive ketones (excluding diaryl/α,β-unsaturated/α-hetero) is 1. The average molecular weight is 774 g/mol. The molecule has 3 saturated heterocycles. The Kier molecular flexibility index (Phi) is 14.3. The fourth-order valence-corrected chi connectivity index (χ4v) is 10.8. The van der Waals surface area contributed by atoms with Gasteiger partial charge in [0.1, 0.15) is 24.4 Å². The zero-order chi connectivity index (χ0) is 39.6. The van der Waals surface area contributed by atoms with Crippen LogP contribution in [-0.2, 0) is 52.3 Å². The summed E-state index contributed by atoms with van der Waals surface area (Å²) in [6, 6.07) is -0.0171. The molecule has 0 bridgehead atoms. The Labute approximate surface area is 328 Å². The molecule has 0 aromatic heterocycles. The third-order valence-corrected chi connectivity index (χ3v) is 13.8. The highest BCUT2D eigenvalue weighted by Crippen LogP contribution is 2.56. The number of nitrogens with zero attached hydrogens (tertiary/aromatic N) is 1. The highest BCUT2D eigenvalue weighted by molar-refractivity contribution is 5.99. The summed E-state index contributed by atoms with van der Waals surface area (Å²) in [4.78, 5) is 41.5. The molecule has 3 heterocycles. The fourth-order valence-electron chi connectivity index (χ4n) is 10.8. The van der Waals surface area contributed by atoms with Gasteiger partial charge >= 0.3 is 5.97 Å². The first-order valence-corrected chi connectivity index (χ1v) is 21.0. The Morgan fingerprint density at radius 2 is 1.64 bits per heavy atom. The van der Waals surface area contributed by atoms with E-state index in [4.69, 9.17) is 37.9 Å². The number of likely N-dealkylation sites (N-methyl/N-ethyl adjacent to an activating group) is 1. The minimum atomic E-state index is -0.612. The van der Waals surface area contributed by atoms with E-state index in [1.165, 1.54) is 5.57 Å². The molecule has 0 radical (unpaired) electrons. The number of methoxy groups -OCH3 is 2. The number of ketones is 1. The molecule has 6 rings (SSSR count). The Balaban J connectivity index is 1.22. The number of fused-ring (bicyclic) bond motifs is 5. The maximum Gasteiger partial charge on any atom is 0.306 e. The van der Waals surface area contributed by atoms with Gasteiger partial charge in [0.05, 0.1) is 36.9 Å². The molecule has 17 atom stereocenters. The molecule has 3 aliphatic carbocycles. The second-order valence-electron chi connectivity index (χ2n) is 17.0. The van der Waals surface area contributed by atoms with E-state index in [1.807, 2.05) is 27.7 Å². The quantitative estimate of drug-likeness (QED) is 0.144. The lowest BCUT2D eigenvalue weighted by atomic mass is 9.67. The molecule has 12 heteroatoms. The first-order chi connectivity index (χ1) is 26.4. The molecule has 12 nitrogen and oxygen atoms in total. The molecule has 1 saturated carbocycles. The molecule has 1 amide bonds. The van der Waals surface area contributed by atoms with E-state index in [9.17, 15) is 14.4 Å². The van der Waals surface area contributed by atoms with E-state index in [-0.39, 0.29) is 96.5 Å². The summed E-state index contributed by atoms with van der Waals surface area (Å²) in [7, 11) is 5.10. The van der Waals surface area contributed by atoms with E-state index >= 15 is 0 Å². The van der Waals surface area contributed by atoms with Gasteiger partial charge in [0.25, 0.3) is 0 Å². The monoisotopic (exact) mass is 773 g/mol. The number of ether oxygens (including phenoxy) is 8. The second kappa shape index (κ2) is 18.6. The summed E-state index contributed by atoms with van der Waals surface area (Å²) >= 11 is 0. The van der Waals surface area contributed by atoms with E-state index in [2.05, 4.69) is 26.0 Å². The van der Waals surface area contributed by atoms with Gasteiger partial charge < -0.3 is 42.8 Å². The SMILES string of the molecule is CCO[C@@H]1[C@@H](OC)[C@H](C)O[C@@H](O[C@H]2C[C@H]3[C@@H]4C=C5C(=O)[C@H](C)[C@@H](O[C@H]6CC[C@H](N(C)C=O)[C@@H](C)O6)CCC[C@H](CC)OC(=O)C[C@H]5[C@@H]4C=C(C)[C@@H]3C2)[C@@H]1OC. The molecule has 55 heavy (non-hydrogen) atoms. The summed E-state index contributed by atoms with van der Waals surface area (Å²) in [6.07, 6.45) is 8.26. The second-order valence-corrected chi connectivity index (χ2v) is 17.0. The van der Waals surface area contributed by atoms with Crippen LogP contribution in [0.3, 0.4) is 0 Å². The summed E-state index contributed by atoms with van der Waals surface area (Å²) in [6.45, 7) is 12.7. The maximum absolute atomic E-state index is 14.8.